The van der Waals surface area contributed by atoms with Crippen molar-refractivity contribution in [3.8, 4) is 0 Å². The van der Waals surface area contributed by atoms with Gasteiger partial charge in [-0.25, -0.2) is 0 Å². The van der Waals surface area contributed by atoms with Gasteiger partial charge in [-0.3, -0.25) is 4.79 Å². The molecule has 0 radical (unpaired) electrons. The quantitative estimate of drug-likeness (QED) is 0.742. The van der Waals surface area contributed by atoms with E-state index in [1.807, 2.05) is 19.9 Å². The average Bonchev–Trinajstić information content (AvgIpc) is 2.33. The van der Waals surface area contributed by atoms with E-state index in [2.05, 4.69) is 15.9 Å². The van der Waals surface area contributed by atoms with Crippen LogP contribution in [0.4, 0.5) is 0 Å². The largest absolute Gasteiger partial charge is 0.293 e. The Morgan fingerprint density at radius 3 is 2.75 bits per heavy atom. The summed E-state index contributed by atoms with van der Waals surface area (Å²) in [6.07, 6.45) is 1.58. The molecule has 0 aliphatic carbocycles. The molecule has 0 saturated carbocycles. The molecule has 1 rings (SSSR count). The first-order valence-electron chi connectivity index (χ1n) is 3.94. The van der Waals surface area contributed by atoms with Gasteiger partial charge in [-0.05, 0) is 35.3 Å². The number of hydrogen-bond donors (Lipinski definition) is 0. The first kappa shape index (κ1) is 9.93. The molecule has 1 aromatic heterocycles. The smallest absolute Gasteiger partial charge is 0.172 e. The monoisotopic (exact) mass is 246 g/mol. The van der Waals surface area contributed by atoms with Crippen LogP contribution in [0.1, 0.15) is 34.3 Å². The average molecular weight is 247 g/mol. The third-order valence-corrected chi connectivity index (χ3v) is 3.79. The molecule has 0 saturated heterocycles. The van der Waals surface area contributed by atoms with Gasteiger partial charge >= 0.3 is 0 Å². The highest BCUT2D eigenvalue weighted by Crippen LogP contribution is 2.27. The van der Waals surface area contributed by atoms with Crippen LogP contribution >= 0.6 is 27.3 Å². The van der Waals surface area contributed by atoms with Crippen molar-refractivity contribution in [1.29, 1.82) is 0 Å². The molecule has 1 aromatic rings. The Hall–Kier alpha value is -0.150. The number of aryl methyl sites for hydroxylation is 1. The summed E-state index contributed by atoms with van der Waals surface area (Å²) in [5, 5.41) is 0. The first-order chi connectivity index (χ1) is 5.65. The van der Waals surface area contributed by atoms with Crippen LogP contribution in [0.15, 0.2) is 10.5 Å². The van der Waals surface area contributed by atoms with Crippen molar-refractivity contribution >= 4 is 33.0 Å². The number of thiophene rings is 1. The molecule has 3 heteroatoms. The fourth-order valence-electron chi connectivity index (χ4n) is 0.948. The Morgan fingerprint density at radius 2 is 2.33 bits per heavy atom. The first-order valence-corrected chi connectivity index (χ1v) is 5.55. The number of ketones is 1. The highest BCUT2D eigenvalue weighted by atomic mass is 79.9. The number of halogens is 1. The summed E-state index contributed by atoms with van der Waals surface area (Å²) in [7, 11) is 0. The molecule has 0 aliphatic rings. The van der Waals surface area contributed by atoms with Gasteiger partial charge in [0.1, 0.15) is 0 Å². The molecule has 0 fully saturated rings. The standard InChI is InChI=1S/C9H11BrOS/c1-3-4-8(11)9-5-7(10)6(2)12-9/h5H,3-4H2,1-2H3. The number of hydrogen-bond acceptors (Lipinski definition) is 2. The minimum atomic E-state index is 0.260. The van der Waals surface area contributed by atoms with Crippen LogP contribution in [0.3, 0.4) is 0 Å². The number of Topliss-reactive ketones (excluding diaryl/α,β-unsaturated/α-hetero) is 1. The van der Waals surface area contributed by atoms with Gasteiger partial charge in [0, 0.05) is 15.8 Å². The van der Waals surface area contributed by atoms with Crippen molar-refractivity contribution in [3.05, 3.63) is 20.3 Å². The molecular weight excluding hydrogens is 236 g/mol. The summed E-state index contributed by atoms with van der Waals surface area (Å²) >= 11 is 4.96. The summed E-state index contributed by atoms with van der Waals surface area (Å²) in [6, 6.07) is 1.91. The summed E-state index contributed by atoms with van der Waals surface area (Å²) in [5.74, 6) is 0.260. The van der Waals surface area contributed by atoms with Gasteiger partial charge in [-0.2, -0.15) is 0 Å². The maximum atomic E-state index is 11.4. The third kappa shape index (κ3) is 2.17. The zero-order valence-electron chi connectivity index (χ0n) is 7.19. The highest BCUT2D eigenvalue weighted by Gasteiger charge is 2.09. The van der Waals surface area contributed by atoms with Crippen molar-refractivity contribution in [2.45, 2.75) is 26.7 Å². The fourth-order valence-corrected chi connectivity index (χ4v) is 2.45. The molecule has 1 nitrogen and oxygen atoms in total. The molecule has 0 amide bonds. The lowest BCUT2D eigenvalue weighted by Gasteiger charge is -1.91. The molecule has 0 N–H and O–H groups in total. The van der Waals surface area contributed by atoms with Crippen LogP contribution in [0.5, 0.6) is 0 Å². The van der Waals surface area contributed by atoms with Gasteiger partial charge in [0.2, 0.25) is 0 Å². The number of carbonyl (C=O) groups excluding carboxylic acids is 1. The second-order valence-corrected chi connectivity index (χ2v) is 4.80. The van der Waals surface area contributed by atoms with Gasteiger partial charge in [-0.15, -0.1) is 11.3 Å². The van der Waals surface area contributed by atoms with E-state index in [0.29, 0.717) is 6.42 Å². The topological polar surface area (TPSA) is 17.1 Å². The van der Waals surface area contributed by atoms with Gasteiger partial charge < -0.3 is 0 Å². The maximum absolute atomic E-state index is 11.4. The SMILES string of the molecule is CCCC(=O)c1cc(Br)c(C)s1. The minimum Gasteiger partial charge on any atom is -0.293 e. The second-order valence-electron chi connectivity index (χ2n) is 2.69. The summed E-state index contributed by atoms with van der Waals surface area (Å²) < 4.78 is 1.05. The fraction of sp³-hybridized carbons (Fsp3) is 0.444. The second kappa shape index (κ2) is 4.19. The summed E-state index contributed by atoms with van der Waals surface area (Å²) in [5.41, 5.74) is 0. The predicted octanol–water partition coefficient (Wildman–Crippen LogP) is 3.80. The Bertz CT molecular complexity index is 271. The lowest BCUT2D eigenvalue weighted by atomic mass is 10.2. The molecule has 12 heavy (non-hydrogen) atoms. The van der Waals surface area contributed by atoms with E-state index >= 15 is 0 Å². The zero-order chi connectivity index (χ0) is 9.14. The third-order valence-electron chi connectivity index (χ3n) is 1.61. The lowest BCUT2D eigenvalue weighted by Crippen LogP contribution is -1.93. The van der Waals surface area contributed by atoms with Crippen LogP contribution in [0.25, 0.3) is 0 Å². The van der Waals surface area contributed by atoms with Gasteiger partial charge in [0.15, 0.2) is 5.78 Å². The van der Waals surface area contributed by atoms with E-state index in [1.54, 1.807) is 11.3 Å². The van der Waals surface area contributed by atoms with E-state index in [-0.39, 0.29) is 5.78 Å². The van der Waals surface area contributed by atoms with Crippen LogP contribution < -0.4 is 0 Å². The Kier molecular flexibility index (Phi) is 3.47. The van der Waals surface area contributed by atoms with E-state index in [9.17, 15) is 4.79 Å². The van der Waals surface area contributed by atoms with Gasteiger partial charge in [-0.1, -0.05) is 6.92 Å². The van der Waals surface area contributed by atoms with Crippen molar-refractivity contribution in [1.82, 2.24) is 0 Å². The maximum Gasteiger partial charge on any atom is 0.172 e. The van der Waals surface area contributed by atoms with Crippen LogP contribution in [0.2, 0.25) is 0 Å². The van der Waals surface area contributed by atoms with Crippen molar-refractivity contribution in [2.75, 3.05) is 0 Å². The van der Waals surface area contributed by atoms with Crippen molar-refractivity contribution < 1.29 is 4.79 Å². The normalized spacial score (nSPS) is 10.2. The minimum absolute atomic E-state index is 0.260. The molecular formula is C9H11BrOS. The molecule has 0 spiro atoms. The Balaban J connectivity index is 2.82. The van der Waals surface area contributed by atoms with Crippen molar-refractivity contribution in [3.63, 3.8) is 0 Å². The van der Waals surface area contributed by atoms with Crippen molar-refractivity contribution in [2.24, 2.45) is 0 Å². The van der Waals surface area contributed by atoms with Crippen LogP contribution in [-0.4, -0.2) is 5.78 Å². The predicted molar refractivity (Wildman–Crippen MR) is 56.0 cm³/mol. The zero-order valence-corrected chi connectivity index (χ0v) is 9.59. The van der Waals surface area contributed by atoms with E-state index in [1.165, 1.54) is 4.88 Å². The van der Waals surface area contributed by atoms with Crippen LogP contribution in [-0.2, 0) is 0 Å². The summed E-state index contributed by atoms with van der Waals surface area (Å²) in [4.78, 5) is 13.5. The Labute approximate surface area is 84.9 Å². The van der Waals surface area contributed by atoms with Crippen LogP contribution in [0, 0.1) is 6.92 Å². The highest BCUT2D eigenvalue weighted by molar-refractivity contribution is 9.10. The van der Waals surface area contributed by atoms with E-state index in [4.69, 9.17) is 0 Å². The number of rotatable bonds is 3. The Morgan fingerprint density at radius 1 is 1.67 bits per heavy atom. The van der Waals surface area contributed by atoms with Gasteiger partial charge in [0.25, 0.3) is 0 Å². The molecule has 0 bridgehead atoms. The molecule has 0 aromatic carbocycles. The van der Waals surface area contributed by atoms with E-state index < -0.39 is 0 Å². The molecule has 0 aliphatic heterocycles. The summed E-state index contributed by atoms with van der Waals surface area (Å²) in [6.45, 7) is 4.03. The van der Waals surface area contributed by atoms with E-state index in [0.717, 1.165) is 15.8 Å². The van der Waals surface area contributed by atoms with Gasteiger partial charge in [0.05, 0.1) is 4.88 Å². The molecule has 1 heterocycles. The lowest BCUT2D eigenvalue weighted by molar-refractivity contribution is 0.0985. The number of carbonyl (C=O) groups is 1. The molecule has 0 unspecified atom stereocenters. The molecule has 66 valence electrons. The molecule has 0 atom stereocenters.